The van der Waals surface area contributed by atoms with Crippen LogP contribution in [0.2, 0.25) is 0 Å². The number of carbonyl (C=O) groups excluding carboxylic acids is 1. The first-order chi connectivity index (χ1) is 12.8. The zero-order valence-electron chi connectivity index (χ0n) is 14.9. The Kier molecular flexibility index (Phi) is 5.99. The van der Waals surface area contributed by atoms with Crippen LogP contribution in [0.5, 0.6) is 0 Å². The summed E-state index contributed by atoms with van der Waals surface area (Å²) in [7, 11) is -3.76. The maximum absolute atomic E-state index is 12.5. The van der Waals surface area contributed by atoms with E-state index < -0.39 is 10.0 Å². The summed E-state index contributed by atoms with van der Waals surface area (Å²) in [5.41, 5.74) is 1.32. The number of amides is 1. The summed E-state index contributed by atoms with van der Waals surface area (Å²) in [6.07, 6.45) is 1.21. The van der Waals surface area contributed by atoms with Crippen LogP contribution in [0.15, 0.2) is 16.5 Å². The zero-order chi connectivity index (χ0) is 19.4. The molecular formula is C15H20N6O4S2. The molecule has 1 saturated heterocycles. The molecule has 1 aliphatic rings. The number of aromatic nitrogens is 3. The minimum atomic E-state index is -3.76. The number of aryl methyl sites for hydroxylation is 1. The van der Waals surface area contributed by atoms with Gasteiger partial charge in [-0.1, -0.05) is 11.3 Å². The van der Waals surface area contributed by atoms with Crippen molar-refractivity contribution in [1.29, 1.82) is 0 Å². The summed E-state index contributed by atoms with van der Waals surface area (Å²) in [5, 5.41) is 2.69. The predicted octanol–water partition coefficient (Wildman–Crippen LogP) is 0.515. The SMILES string of the molecule is CC(=O)Nc1ncc(S(=O)(=O)NCc2cc(C)nc(N3CCOCC3)n2)s1. The molecule has 0 saturated carbocycles. The van der Waals surface area contributed by atoms with Crippen LogP contribution in [0.4, 0.5) is 11.1 Å². The number of sulfonamides is 1. The quantitative estimate of drug-likeness (QED) is 0.703. The van der Waals surface area contributed by atoms with E-state index in [9.17, 15) is 13.2 Å². The van der Waals surface area contributed by atoms with Crippen LogP contribution in [-0.4, -0.2) is 55.6 Å². The van der Waals surface area contributed by atoms with E-state index in [1.54, 1.807) is 6.07 Å². The lowest BCUT2D eigenvalue weighted by Gasteiger charge is -2.27. The lowest BCUT2D eigenvalue weighted by molar-refractivity contribution is -0.114. The first kappa shape index (κ1) is 19.6. The third-order valence-electron chi connectivity index (χ3n) is 3.66. The Balaban J connectivity index is 1.70. The maximum Gasteiger partial charge on any atom is 0.252 e. The normalized spacial score (nSPS) is 15.0. The van der Waals surface area contributed by atoms with Gasteiger partial charge in [-0.15, -0.1) is 0 Å². The van der Waals surface area contributed by atoms with Crippen LogP contribution in [0.25, 0.3) is 0 Å². The van der Waals surface area contributed by atoms with Gasteiger partial charge >= 0.3 is 0 Å². The predicted molar refractivity (Wildman–Crippen MR) is 100 cm³/mol. The fourth-order valence-electron chi connectivity index (χ4n) is 2.44. The third kappa shape index (κ3) is 5.19. The van der Waals surface area contributed by atoms with Gasteiger partial charge in [-0.2, -0.15) is 0 Å². The van der Waals surface area contributed by atoms with Crippen molar-refractivity contribution in [1.82, 2.24) is 19.7 Å². The van der Waals surface area contributed by atoms with Crippen molar-refractivity contribution in [3.05, 3.63) is 23.7 Å². The highest BCUT2D eigenvalue weighted by Crippen LogP contribution is 2.23. The van der Waals surface area contributed by atoms with E-state index in [4.69, 9.17) is 4.74 Å². The molecule has 0 bridgehead atoms. The molecule has 0 spiro atoms. The van der Waals surface area contributed by atoms with Crippen molar-refractivity contribution in [3.8, 4) is 0 Å². The second kappa shape index (κ2) is 8.25. The summed E-state index contributed by atoms with van der Waals surface area (Å²) in [6.45, 7) is 5.81. The molecule has 3 rings (SSSR count). The molecule has 10 nitrogen and oxygen atoms in total. The number of nitrogens with zero attached hydrogens (tertiary/aromatic N) is 4. The molecule has 146 valence electrons. The smallest absolute Gasteiger partial charge is 0.252 e. The lowest BCUT2D eigenvalue weighted by atomic mass is 10.3. The highest BCUT2D eigenvalue weighted by atomic mass is 32.2. The molecule has 0 aliphatic carbocycles. The van der Waals surface area contributed by atoms with Crippen molar-refractivity contribution in [2.45, 2.75) is 24.6 Å². The Morgan fingerprint density at radius 3 is 2.78 bits per heavy atom. The van der Waals surface area contributed by atoms with Crippen molar-refractivity contribution < 1.29 is 17.9 Å². The molecule has 12 heteroatoms. The molecule has 27 heavy (non-hydrogen) atoms. The molecule has 2 aromatic rings. The maximum atomic E-state index is 12.5. The van der Waals surface area contributed by atoms with Gasteiger partial charge in [-0.3, -0.25) is 4.79 Å². The molecule has 1 amide bonds. The van der Waals surface area contributed by atoms with Crippen molar-refractivity contribution in [2.75, 3.05) is 36.5 Å². The number of morpholine rings is 1. The Bertz CT molecular complexity index is 924. The summed E-state index contributed by atoms with van der Waals surface area (Å²) >= 11 is 0.884. The fourth-order valence-corrected chi connectivity index (χ4v) is 4.56. The lowest BCUT2D eigenvalue weighted by Crippen LogP contribution is -2.37. The van der Waals surface area contributed by atoms with Gasteiger partial charge in [0.25, 0.3) is 10.0 Å². The molecule has 1 aliphatic heterocycles. The third-order valence-corrected chi connectivity index (χ3v) is 6.44. The van der Waals surface area contributed by atoms with E-state index in [2.05, 4.69) is 25.0 Å². The van der Waals surface area contributed by atoms with Gasteiger partial charge in [0.15, 0.2) is 9.34 Å². The van der Waals surface area contributed by atoms with Crippen LogP contribution in [0.3, 0.4) is 0 Å². The van der Waals surface area contributed by atoms with Gasteiger partial charge in [-0.05, 0) is 13.0 Å². The average molecular weight is 412 g/mol. The zero-order valence-corrected chi connectivity index (χ0v) is 16.6. The second-order valence-corrected chi connectivity index (χ2v) is 8.91. The summed E-state index contributed by atoms with van der Waals surface area (Å²) in [4.78, 5) is 25.8. The van der Waals surface area contributed by atoms with Gasteiger partial charge in [0.1, 0.15) is 0 Å². The Morgan fingerprint density at radius 2 is 2.07 bits per heavy atom. The summed E-state index contributed by atoms with van der Waals surface area (Å²) in [6, 6.07) is 1.74. The average Bonchev–Trinajstić information content (AvgIpc) is 3.09. The Labute approximate surface area is 161 Å². The molecule has 1 fully saturated rings. The Hall–Kier alpha value is -2.15. The van der Waals surface area contributed by atoms with Crippen molar-refractivity contribution in [2.24, 2.45) is 0 Å². The standard InChI is InChI=1S/C15H20N6O4S2/c1-10-7-12(20-14(18-10)21-3-5-25-6-4-21)8-17-27(23,24)13-9-16-15(26-13)19-11(2)22/h7,9,17H,3-6,8H2,1-2H3,(H,16,19,22). The molecule has 2 N–H and O–H groups in total. The summed E-state index contributed by atoms with van der Waals surface area (Å²) in [5.74, 6) is 0.256. The molecule has 0 radical (unpaired) electrons. The van der Waals surface area contributed by atoms with E-state index in [0.29, 0.717) is 37.9 Å². The van der Waals surface area contributed by atoms with Gasteiger partial charge in [0.05, 0.1) is 31.6 Å². The largest absolute Gasteiger partial charge is 0.378 e. The second-order valence-electron chi connectivity index (χ2n) is 5.89. The van der Waals surface area contributed by atoms with Crippen LogP contribution in [0, 0.1) is 6.92 Å². The number of rotatable bonds is 6. The topological polar surface area (TPSA) is 126 Å². The van der Waals surface area contributed by atoms with Crippen LogP contribution >= 0.6 is 11.3 Å². The van der Waals surface area contributed by atoms with Crippen LogP contribution in [-0.2, 0) is 26.1 Å². The van der Waals surface area contributed by atoms with Gasteiger partial charge in [0, 0.05) is 25.7 Å². The van der Waals surface area contributed by atoms with E-state index in [-0.39, 0.29) is 21.8 Å². The minimum Gasteiger partial charge on any atom is -0.378 e. The number of anilines is 2. The van der Waals surface area contributed by atoms with E-state index in [1.807, 2.05) is 11.8 Å². The first-order valence-electron chi connectivity index (χ1n) is 8.24. The summed E-state index contributed by atoms with van der Waals surface area (Å²) < 4.78 is 32.8. The highest BCUT2D eigenvalue weighted by molar-refractivity contribution is 7.91. The van der Waals surface area contributed by atoms with Gasteiger partial charge < -0.3 is 15.0 Å². The highest BCUT2D eigenvalue weighted by Gasteiger charge is 2.20. The van der Waals surface area contributed by atoms with E-state index in [1.165, 1.54) is 13.1 Å². The van der Waals surface area contributed by atoms with Crippen LogP contribution < -0.4 is 14.9 Å². The van der Waals surface area contributed by atoms with Gasteiger partial charge in [-0.25, -0.2) is 28.1 Å². The van der Waals surface area contributed by atoms with E-state index >= 15 is 0 Å². The molecule has 2 aromatic heterocycles. The number of thiazole rings is 1. The number of nitrogens with one attached hydrogen (secondary N) is 2. The Morgan fingerprint density at radius 1 is 1.33 bits per heavy atom. The van der Waals surface area contributed by atoms with Crippen molar-refractivity contribution in [3.63, 3.8) is 0 Å². The molecule has 3 heterocycles. The first-order valence-corrected chi connectivity index (χ1v) is 10.5. The monoisotopic (exact) mass is 412 g/mol. The van der Waals surface area contributed by atoms with Gasteiger partial charge in [0.2, 0.25) is 11.9 Å². The minimum absolute atomic E-state index is 0.0189. The molecule has 0 unspecified atom stereocenters. The number of ether oxygens (including phenoxy) is 1. The number of hydrogen-bond acceptors (Lipinski definition) is 9. The van der Waals surface area contributed by atoms with Crippen LogP contribution in [0.1, 0.15) is 18.3 Å². The van der Waals surface area contributed by atoms with E-state index in [0.717, 1.165) is 17.0 Å². The molecule has 0 atom stereocenters. The number of hydrogen-bond donors (Lipinski definition) is 2. The molecular weight excluding hydrogens is 392 g/mol. The number of carbonyl (C=O) groups is 1. The fraction of sp³-hybridized carbons (Fsp3) is 0.467. The van der Waals surface area contributed by atoms with Crippen molar-refractivity contribution >= 4 is 38.3 Å². The molecule has 0 aromatic carbocycles.